The smallest absolute Gasteiger partial charge is 0.330 e. The van der Waals surface area contributed by atoms with Crippen molar-refractivity contribution in [2.75, 3.05) is 6.54 Å². The van der Waals surface area contributed by atoms with Crippen LogP contribution in [0.2, 0.25) is 0 Å². The standard InChI is InChI=1S/C15H21F4N/c1-14(2,3)11-8-10(6-4-5-7-20)9-12(16)13(11)15(17,18)19/h8-9H,4-7,20H2,1-3H3. The lowest BCUT2D eigenvalue weighted by atomic mass is 9.82. The average molecular weight is 291 g/mol. The summed E-state index contributed by atoms with van der Waals surface area (Å²) in [6, 6.07) is 2.47. The highest BCUT2D eigenvalue weighted by atomic mass is 19.4. The summed E-state index contributed by atoms with van der Waals surface area (Å²) in [6.45, 7) is 5.48. The van der Waals surface area contributed by atoms with Crippen molar-refractivity contribution < 1.29 is 17.6 Å². The lowest BCUT2D eigenvalue weighted by molar-refractivity contribution is -0.141. The maximum absolute atomic E-state index is 13.9. The number of nitrogens with two attached hydrogens (primary N) is 1. The van der Waals surface area contributed by atoms with Gasteiger partial charge in [0.25, 0.3) is 0 Å². The van der Waals surface area contributed by atoms with Crippen molar-refractivity contribution in [2.45, 2.75) is 51.6 Å². The van der Waals surface area contributed by atoms with Crippen LogP contribution in [-0.4, -0.2) is 6.54 Å². The zero-order valence-corrected chi connectivity index (χ0v) is 12.1. The number of rotatable bonds is 4. The number of benzene rings is 1. The molecule has 0 saturated carbocycles. The third-order valence-corrected chi connectivity index (χ3v) is 3.16. The molecular formula is C15H21F4N. The Morgan fingerprint density at radius 3 is 2.10 bits per heavy atom. The molecule has 0 saturated heterocycles. The number of unbranched alkanes of at least 4 members (excludes halogenated alkanes) is 1. The van der Waals surface area contributed by atoms with Crippen LogP contribution in [0.25, 0.3) is 0 Å². The van der Waals surface area contributed by atoms with Gasteiger partial charge in [-0.3, -0.25) is 0 Å². The summed E-state index contributed by atoms with van der Waals surface area (Å²) in [4.78, 5) is 0. The zero-order chi connectivity index (χ0) is 15.6. The van der Waals surface area contributed by atoms with E-state index < -0.39 is 23.0 Å². The van der Waals surface area contributed by atoms with E-state index in [0.29, 0.717) is 18.5 Å². The molecule has 0 unspecified atom stereocenters. The van der Waals surface area contributed by atoms with Crippen LogP contribution in [-0.2, 0) is 18.0 Å². The van der Waals surface area contributed by atoms with E-state index in [0.717, 1.165) is 18.9 Å². The molecule has 0 aliphatic heterocycles. The van der Waals surface area contributed by atoms with E-state index in [4.69, 9.17) is 5.73 Å². The first-order valence-corrected chi connectivity index (χ1v) is 6.67. The van der Waals surface area contributed by atoms with E-state index in [-0.39, 0.29) is 5.56 Å². The van der Waals surface area contributed by atoms with Gasteiger partial charge in [0.2, 0.25) is 0 Å². The molecule has 1 nitrogen and oxygen atoms in total. The largest absolute Gasteiger partial charge is 0.419 e. The summed E-state index contributed by atoms with van der Waals surface area (Å²) in [5, 5.41) is 0. The molecule has 0 amide bonds. The SMILES string of the molecule is CC(C)(C)c1cc(CCCCN)cc(F)c1C(F)(F)F. The number of aryl methyl sites for hydroxylation is 1. The Morgan fingerprint density at radius 2 is 1.65 bits per heavy atom. The molecule has 1 aromatic carbocycles. The van der Waals surface area contributed by atoms with Gasteiger partial charge in [0.05, 0.1) is 5.56 Å². The predicted octanol–water partition coefficient (Wildman–Crippen LogP) is 4.42. The molecule has 0 aromatic heterocycles. The van der Waals surface area contributed by atoms with Crippen molar-refractivity contribution >= 4 is 0 Å². The van der Waals surface area contributed by atoms with Gasteiger partial charge in [0, 0.05) is 0 Å². The van der Waals surface area contributed by atoms with Crippen LogP contribution in [0.1, 0.15) is 50.3 Å². The fourth-order valence-corrected chi connectivity index (χ4v) is 2.16. The van der Waals surface area contributed by atoms with Gasteiger partial charge in [-0.05, 0) is 48.4 Å². The summed E-state index contributed by atoms with van der Waals surface area (Å²) < 4.78 is 53.0. The van der Waals surface area contributed by atoms with Crippen LogP contribution >= 0.6 is 0 Å². The van der Waals surface area contributed by atoms with E-state index >= 15 is 0 Å². The predicted molar refractivity (Wildman–Crippen MR) is 72.1 cm³/mol. The first kappa shape index (κ1) is 17.0. The summed E-state index contributed by atoms with van der Waals surface area (Å²) in [6.07, 6.45) is -2.63. The van der Waals surface area contributed by atoms with Gasteiger partial charge < -0.3 is 5.73 Å². The minimum atomic E-state index is -4.68. The van der Waals surface area contributed by atoms with Gasteiger partial charge >= 0.3 is 6.18 Å². The number of alkyl halides is 3. The Morgan fingerprint density at radius 1 is 1.05 bits per heavy atom. The van der Waals surface area contributed by atoms with Crippen LogP contribution in [0.3, 0.4) is 0 Å². The second kappa shape index (κ2) is 6.12. The summed E-state index contributed by atoms with van der Waals surface area (Å²) in [7, 11) is 0. The average Bonchev–Trinajstić information content (AvgIpc) is 2.25. The van der Waals surface area contributed by atoms with E-state index in [1.54, 1.807) is 20.8 Å². The number of hydrogen-bond donors (Lipinski definition) is 1. The highest BCUT2D eigenvalue weighted by Gasteiger charge is 2.39. The molecule has 1 rings (SSSR count). The fourth-order valence-electron chi connectivity index (χ4n) is 2.16. The third-order valence-electron chi connectivity index (χ3n) is 3.16. The highest BCUT2D eigenvalue weighted by molar-refractivity contribution is 5.39. The molecule has 0 bridgehead atoms. The van der Waals surface area contributed by atoms with Crippen molar-refractivity contribution in [3.8, 4) is 0 Å². The molecule has 0 heterocycles. The summed E-state index contributed by atoms with van der Waals surface area (Å²) >= 11 is 0. The molecule has 5 heteroatoms. The first-order chi connectivity index (χ1) is 9.07. The fraction of sp³-hybridized carbons (Fsp3) is 0.600. The van der Waals surface area contributed by atoms with Gasteiger partial charge in [-0.15, -0.1) is 0 Å². The van der Waals surface area contributed by atoms with Crippen molar-refractivity contribution in [3.05, 3.63) is 34.6 Å². The van der Waals surface area contributed by atoms with E-state index in [9.17, 15) is 17.6 Å². The summed E-state index contributed by atoms with van der Waals surface area (Å²) in [5.74, 6) is -1.19. The maximum Gasteiger partial charge on any atom is 0.419 e. The quantitative estimate of drug-likeness (QED) is 0.645. The second-order valence-corrected chi connectivity index (χ2v) is 5.99. The summed E-state index contributed by atoms with van der Waals surface area (Å²) in [5.41, 5.74) is 4.06. The van der Waals surface area contributed by atoms with Crippen molar-refractivity contribution in [3.63, 3.8) is 0 Å². The Kier molecular flexibility index (Phi) is 5.19. The van der Waals surface area contributed by atoms with Gasteiger partial charge in [0.15, 0.2) is 0 Å². The van der Waals surface area contributed by atoms with Crippen molar-refractivity contribution in [2.24, 2.45) is 5.73 Å². The lowest BCUT2D eigenvalue weighted by Crippen LogP contribution is -2.22. The molecule has 0 atom stereocenters. The molecule has 20 heavy (non-hydrogen) atoms. The van der Waals surface area contributed by atoms with Crippen LogP contribution in [0, 0.1) is 5.82 Å². The molecule has 114 valence electrons. The first-order valence-electron chi connectivity index (χ1n) is 6.67. The van der Waals surface area contributed by atoms with E-state index in [1.165, 1.54) is 6.07 Å². The van der Waals surface area contributed by atoms with Crippen molar-refractivity contribution in [1.29, 1.82) is 0 Å². The molecule has 0 aliphatic carbocycles. The Balaban J connectivity index is 3.27. The van der Waals surface area contributed by atoms with Gasteiger partial charge in [-0.25, -0.2) is 4.39 Å². The van der Waals surface area contributed by atoms with Crippen LogP contribution in [0.15, 0.2) is 12.1 Å². The van der Waals surface area contributed by atoms with Gasteiger partial charge in [-0.1, -0.05) is 26.8 Å². The normalized spacial score (nSPS) is 12.8. The van der Waals surface area contributed by atoms with Crippen LogP contribution in [0.5, 0.6) is 0 Å². The second-order valence-electron chi connectivity index (χ2n) is 5.99. The molecule has 0 radical (unpaired) electrons. The Hall–Kier alpha value is -1.10. The van der Waals surface area contributed by atoms with E-state index in [2.05, 4.69) is 0 Å². The third kappa shape index (κ3) is 4.20. The molecule has 2 N–H and O–H groups in total. The van der Waals surface area contributed by atoms with Gasteiger partial charge in [-0.2, -0.15) is 13.2 Å². The molecule has 0 aliphatic rings. The van der Waals surface area contributed by atoms with Crippen molar-refractivity contribution in [1.82, 2.24) is 0 Å². The minimum absolute atomic E-state index is 0.00717. The molecule has 0 spiro atoms. The maximum atomic E-state index is 13.9. The van der Waals surface area contributed by atoms with E-state index in [1.807, 2.05) is 0 Å². The zero-order valence-electron chi connectivity index (χ0n) is 12.1. The van der Waals surface area contributed by atoms with Crippen LogP contribution in [0.4, 0.5) is 17.6 Å². The number of hydrogen-bond acceptors (Lipinski definition) is 1. The molecule has 0 fully saturated rings. The van der Waals surface area contributed by atoms with Crippen LogP contribution < -0.4 is 5.73 Å². The van der Waals surface area contributed by atoms with Gasteiger partial charge in [0.1, 0.15) is 5.82 Å². The monoisotopic (exact) mass is 291 g/mol. The topological polar surface area (TPSA) is 26.0 Å². The Labute approximate surface area is 117 Å². The molecule has 1 aromatic rings. The molecular weight excluding hydrogens is 270 g/mol. The minimum Gasteiger partial charge on any atom is -0.330 e. The highest BCUT2D eigenvalue weighted by Crippen LogP contribution is 2.39. The lowest BCUT2D eigenvalue weighted by Gasteiger charge is -2.25. The number of halogens is 4. The Bertz CT molecular complexity index is 458.